The van der Waals surface area contributed by atoms with Gasteiger partial charge in [0.2, 0.25) is 0 Å². The summed E-state index contributed by atoms with van der Waals surface area (Å²) in [5, 5.41) is 6.16. The zero-order valence-corrected chi connectivity index (χ0v) is 25.1. The van der Waals surface area contributed by atoms with E-state index in [2.05, 4.69) is 47.3 Å². The number of furan rings is 1. The van der Waals surface area contributed by atoms with Crippen LogP contribution >= 0.6 is 0 Å². The van der Waals surface area contributed by atoms with Crippen molar-refractivity contribution >= 4 is 49.2 Å². The third-order valence-electron chi connectivity index (χ3n) is 8.75. The lowest BCUT2D eigenvalue weighted by Gasteiger charge is -2.14. The first-order valence-corrected chi connectivity index (χ1v) is 15.4. The molecule has 0 radical (unpaired) electrons. The Morgan fingerprint density at radius 2 is 1.02 bits per heavy atom. The third-order valence-corrected chi connectivity index (χ3v) is 8.75. The van der Waals surface area contributed by atoms with Crippen LogP contribution in [-0.2, 0) is 0 Å². The summed E-state index contributed by atoms with van der Waals surface area (Å²) in [5.41, 5.74) is 6.80. The predicted octanol–water partition coefficient (Wildman–Crippen LogP) is 11.3. The standard InChI is InChI=1S/C42H24N4O/c1-43-36-25-28-15-6-5-14-27(28)24-35(36)31-19-9-18-30-29(31)17-10-20-32(30)41-44-40(26-12-3-2-4-13-26)45-42(46-41)34-21-11-23-38-39(34)33-16-7-8-22-37(33)47-38/h2-25H. The van der Waals surface area contributed by atoms with Gasteiger partial charge >= 0.3 is 0 Å². The largest absolute Gasteiger partial charge is 0.456 e. The van der Waals surface area contributed by atoms with E-state index < -0.39 is 0 Å². The molecule has 0 N–H and O–H groups in total. The Hall–Kier alpha value is -6.64. The highest BCUT2D eigenvalue weighted by atomic mass is 16.3. The van der Waals surface area contributed by atoms with E-state index in [0.717, 1.165) is 71.3 Å². The molecule has 5 nitrogen and oxygen atoms in total. The van der Waals surface area contributed by atoms with E-state index in [-0.39, 0.29) is 0 Å². The van der Waals surface area contributed by atoms with Gasteiger partial charge in [0, 0.05) is 27.5 Å². The van der Waals surface area contributed by atoms with Crippen LogP contribution in [0.5, 0.6) is 0 Å². The van der Waals surface area contributed by atoms with E-state index in [0.29, 0.717) is 23.2 Å². The number of benzene rings is 7. The van der Waals surface area contributed by atoms with Crippen molar-refractivity contribution in [2.75, 3.05) is 0 Å². The average Bonchev–Trinajstić information content (AvgIpc) is 3.53. The Bertz CT molecular complexity index is 2700. The Balaban J connectivity index is 1.30. The fourth-order valence-electron chi connectivity index (χ4n) is 6.57. The SMILES string of the molecule is [C-]#[N+]c1cc2ccccc2cc1-c1cccc2c(-c3nc(-c4ccccc4)nc(-c4cccc5oc6ccccc6c45)n3)cccc12. The maximum atomic E-state index is 7.99. The summed E-state index contributed by atoms with van der Waals surface area (Å²) in [6, 6.07) is 48.8. The van der Waals surface area contributed by atoms with E-state index in [1.807, 2.05) is 103 Å². The highest BCUT2D eigenvalue weighted by Gasteiger charge is 2.19. The van der Waals surface area contributed by atoms with Gasteiger partial charge in [-0.05, 0) is 50.9 Å². The molecule has 2 aromatic heterocycles. The first kappa shape index (κ1) is 26.7. The molecule has 0 aliphatic carbocycles. The molecule has 0 amide bonds. The van der Waals surface area contributed by atoms with Gasteiger partial charge in [-0.3, -0.25) is 0 Å². The molecule has 0 atom stereocenters. The van der Waals surface area contributed by atoms with E-state index in [4.69, 9.17) is 25.9 Å². The molecule has 7 aromatic carbocycles. The fourth-order valence-corrected chi connectivity index (χ4v) is 6.57. The van der Waals surface area contributed by atoms with E-state index in [1.165, 1.54) is 0 Å². The van der Waals surface area contributed by atoms with Crippen LogP contribution in [0.3, 0.4) is 0 Å². The van der Waals surface area contributed by atoms with Crippen molar-refractivity contribution in [1.29, 1.82) is 0 Å². The number of hydrogen-bond donors (Lipinski definition) is 0. The van der Waals surface area contributed by atoms with Crippen molar-refractivity contribution in [2.45, 2.75) is 0 Å². The maximum absolute atomic E-state index is 7.99. The van der Waals surface area contributed by atoms with Crippen LogP contribution in [0, 0.1) is 6.57 Å². The number of nitrogens with zero attached hydrogens (tertiary/aromatic N) is 4. The molecule has 2 heterocycles. The molecule has 0 unspecified atom stereocenters. The lowest BCUT2D eigenvalue weighted by atomic mass is 9.93. The van der Waals surface area contributed by atoms with Gasteiger partial charge in [-0.15, -0.1) is 0 Å². The monoisotopic (exact) mass is 600 g/mol. The first-order valence-electron chi connectivity index (χ1n) is 15.4. The summed E-state index contributed by atoms with van der Waals surface area (Å²) < 4.78 is 6.21. The van der Waals surface area contributed by atoms with Gasteiger partial charge in [0.25, 0.3) is 0 Å². The van der Waals surface area contributed by atoms with Gasteiger partial charge in [-0.1, -0.05) is 127 Å². The molecule has 0 fully saturated rings. The molecular weight excluding hydrogens is 576 g/mol. The highest BCUT2D eigenvalue weighted by molar-refractivity contribution is 6.12. The topological polar surface area (TPSA) is 56.2 Å². The highest BCUT2D eigenvalue weighted by Crippen LogP contribution is 2.41. The van der Waals surface area contributed by atoms with E-state index in [9.17, 15) is 0 Å². The zero-order valence-electron chi connectivity index (χ0n) is 25.1. The molecule has 0 saturated heterocycles. The summed E-state index contributed by atoms with van der Waals surface area (Å²) in [6.45, 7) is 7.99. The lowest BCUT2D eigenvalue weighted by molar-refractivity contribution is 0.669. The van der Waals surface area contributed by atoms with Crippen LogP contribution in [0.2, 0.25) is 0 Å². The van der Waals surface area contributed by atoms with Crippen molar-refractivity contribution in [3.63, 3.8) is 0 Å². The van der Waals surface area contributed by atoms with Crippen molar-refractivity contribution in [1.82, 2.24) is 15.0 Å². The molecule has 9 rings (SSSR count). The van der Waals surface area contributed by atoms with Gasteiger partial charge in [0.15, 0.2) is 23.2 Å². The van der Waals surface area contributed by atoms with Crippen molar-refractivity contribution in [2.24, 2.45) is 0 Å². The summed E-state index contributed by atoms with van der Waals surface area (Å²) in [6.07, 6.45) is 0. The van der Waals surface area contributed by atoms with Gasteiger partial charge in [-0.2, -0.15) is 0 Å². The Kier molecular flexibility index (Phi) is 6.12. The van der Waals surface area contributed by atoms with Crippen molar-refractivity contribution < 1.29 is 4.42 Å². The van der Waals surface area contributed by atoms with Crippen LogP contribution < -0.4 is 0 Å². The molecule has 9 aromatic rings. The Morgan fingerprint density at radius 3 is 1.83 bits per heavy atom. The van der Waals surface area contributed by atoms with Crippen LogP contribution in [0.15, 0.2) is 150 Å². The molecule has 0 saturated carbocycles. The predicted molar refractivity (Wildman–Crippen MR) is 190 cm³/mol. The van der Waals surface area contributed by atoms with Crippen molar-refractivity contribution in [3.05, 3.63) is 157 Å². The van der Waals surface area contributed by atoms with Gasteiger partial charge in [0.1, 0.15) is 11.2 Å². The second-order valence-corrected chi connectivity index (χ2v) is 11.5. The summed E-state index contributed by atoms with van der Waals surface area (Å²) in [5.74, 6) is 1.74. The molecule has 0 aliphatic rings. The van der Waals surface area contributed by atoms with E-state index in [1.54, 1.807) is 0 Å². The van der Waals surface area contributed by atoms with E-state index >= 15 is 0 Å². The summed E-state index contributed by atoms with van der Waals surface area (Å²) >= 11 is 0. The average molecular weight is 601 g/mol. The van der Waals surface area contributed by atoms with Crippen LogP contribution in [-0.4, -0.2) is 15.0 Å². The maximum Gasteiger partial charge on any atom is 0.195 e. The Labute approximate surface area is 270 Å². The number of rotatable bonds is 4. The second-order valence-electron chi connectivity index (χ2n) is 11.5. The van der Waals surface area contributed by atoms with Gasteiger partial charge in [0.05, 0.1) is 6.57 Å². The Morgan fingerprint density at radius 1 is 0.447 bits per heavy atom. The minimum Gasteiger partial charge on any atom is -0.456 e. The minimum atomic E-state index is 0.573. The van der Waals surface area contributed by atoms with Gasteiger partial charge in [-0.25, -0.2) is 19.8 Å². The normalized spacial score (nSPS) is 11.4. The molecule has 5 heteroatoms. The number of hydrogen-bond acceptors (Lipinski definition) is 4. The number of fused-ring (bicyclic) bond motifs is 5. The number of aromatic nitrogens is 3. The summed E-state index contributed by atoms with van der Waals surface area (Å²) in [7, 11) is 0. The van der Waals surface area contributed by atoms with Crippen molar-refractivity contribution in [3.8, 4) is 45.3 Å². The van der Waals surface area contributed by atoms with Crippen LogP contribution in [0.4, 0.5) is 5.69 Å². The zero-order chi connectivity index (χ0) is 31.3. The van der Waals surface area contributed by atoms with Crippen LogP contribution in [0.25, 0.3) is 93.6 Å². The third kappa shape index (κ3) is 4.43. The fraction of sp³-hybridized carbons (Fsp3) is 0. The molecular formula is C42H24N4O. The van der Waals surface area contributed by atoms with Crippen LogP contribution in [0.1, 0.15) is 0 Å². The smallest absolute Gasteiger partial charge is 0.195 e. The minimum absolute atomic E-state index is 0.573. The molecule has 0 spiro atoms. The molecule has 47 heavy (non-hydrogen) atoms. The quantitative estimate of drug-likeness (QED) is 0.189. The molecule has 218 valence electrons. The van der Waals surface area contributed by atoms with Gasteiger partial charge < -0.3 is 4.42 Å². The number of para-hydroxylation sites is 1. The molecule has 0 aliphatic heterocycles. The first-order chi connectivity index (χ1) is 23.2. The molecule has 0 bridgehead atoms. The summed E-state index contributed by atoms with van der Waals surface area (Å²) in [4.78, 5) is 19.2. The lowest BCUT2D eigenvalue weighted by Crippen LogP contribution is -2.01. The second kappa shape index (κ2) is 10.8.